The van der Waals surface area contributed by atoms with Crippen LogP contribution in [0, 0.1) is 11.3 Å². The van der Waals surface area contributed by atoms with E-state index < -0.39 is 23.3 Å². The third-order valence-corrected chi connectivity index (χ3v) is 1.69. The topological polar surface area (TPSA) is 82.4 Å². The van der Waals surface area contributed by atoms with Gasteiger partial charge in [-0.1, -0.05) is 0 Å². The molecule has 1 atom stereocenters. The Bertz CT molecular complexity index is 287. The van der Waals surface area contributed by atoms with Crippen LogP contribution in [0.5, 0.6) is 0 Å². The molecular weight excluding hydrogens is 208 g/mol. The van der Waals surface area contributed by atoms with E-state index in [-0.39, 0.29) is 6.42 Å². The number of rotatable bonds is 3. The molecule has 0 saturated heterocycles. The highest BCUT2D eigenvalue weighted by Crippen LogP contribution is 2.13. The molecule has 0 aliphatic heterocycles. The minimum atomic E-state index is -1.09. The number of hydrogen-bond acceptors (Lipinski definition) is 4. The molecule has 0 radical (unpaired) electrons. The van der Waals surface area contributed by atoms with Gasteiger partial charge in [-0.15, -0.1) is 0 Å². The van der Waals surface area contributed by atoms with E-state index in [2.05, 4.69) is 5.32 Å². The van der Waals surface area contributed by atoms with Crippen molar-refractivity contribution < 1.29 is 14.6 Å². The van der Waals surface area contributed by atoms with Crippen molar-refractivity contribution in [2.45, 2.75) is 58.3 Å². The zero-order chi connectivity index (χ0) is 13.0. The number of nitrogens with zero attached hydrogens (tertiary/aromatic N) is 1. The maximum Gasteiger partial charge on any atom is 0.408 e. The molecule has 1 amide bonds. The van der Waals surface area contributed by atoms with Gasteiger partial charge in [-0.25, -0.2) is 4.79 Å². The highest BCUT2D eigenvalue weighted by Gasteiger charge is 2.26. The fraction of sp³-hybridized carbons (Fsp3) is 0.818. The lowest BCUT2D eigenvalue weighted by atomic mass is 9.97. The first-order chi connectivity index (χ1) is 7.06. The lowest BCUT2D eigenvalue weighted by Gasteiger charge is -2.28. The fourth-order valence-electron chi connectivity index (χ4n) is 1.16. The molecule has 16 heavy (non-hydrogen) atoms. The Hall–Kier alpha value is -1.28. The van der Waals surface area contributed by atoms with Gasteiger partial charge in [0.15, 0.2) is 0 Å². The van der Waals surface area contributed by atoms with E-state index in [1.807, 2.05) is 0 Å². The maximum atomic E-state index is 11.4. The van der Waals surface area contributed by atoms with Crippen molar-refractivity contribution in [1.29, 1.82) is 5.26 Å². The van der Waals surface area contributed by atoms with E-state index in [0.717, 1.165) is 0 Å². The van der Waals surface area contributed by atoms with Gasteiger partial charge in [0.1, 0.15) is 11.7 Å². The van der Waals surface area contributed by atoms with Gasteiger partial charge in [-0.2, -0.15) is 5.26 Å². The van der Waals surface area contributed by atoms with Gasteiger partial charge < -0.3 is 15.2 Å². The van der Waals surface area contributed by atoms with Crippen molar-refractivity contribution in [3.05, 3.63) is 0 Å². The van der Waals surface area contributed by atoms with Crippen LogP contribution in [-0.2, 0) is 4.74 Å². The summed E-state index contributed by atoms with van der Waals surface area (Å²) in [4.78, 5) is 11.4. The first-order valence-electron chi connectivity index (χ1n) is 5.14. The fourth-order valence-corrected chi connectivity index (χ4v) is 1.16. The number of hydrogen-bond donors (Lipinski definition) is 2. The smallest absolute Gasteiger partial charge is 0.408 e. The van der Waals surface area contributed by atoms with Crippen molar-refractivity contribution in [2.75, 3.05) is 0 Å². The molecule has 0 spiro atoms. The van der Waals surface area contributed by atoms with Gasteiger partial charge in [-0.3, -0.25) is 0 Å². The number of alkyl carbamates (subject to hydrolysis) is 1. The monoisotopic (exact) mass is 228 g/mol. The van der Waals surface area contributed by atoms with Crippen LogP contribution >= 0.6 is 0 Å². The Kier molecular flexibility index (Phi) is 4.76. The third kappa shape index (κ3) is 7.07. The predicted octanol–water partition coefficient (Wildman–Crippen LogP) is 1.56. The number of aliphatic hydroxyl groups excluding tert-OH is 1. The summed E-state index contributed by atoms with van der Waals surface area (Å²) in [6.07, 6.45) is -1.49. The van der Waals surface area contributed by atoms with E-state index in [1.54, 1.807) is 40.7 Å². The van der Waals surface area contributed by atoms with Gasteiger partial charge in [0.05, 0.1) is 6.07 Å². The molecule has 0 aromatic carbocycles. The van der Waals surface area contributed by atoms with Crippen LogP contribution in [-0.4, -0.2) is 28.4 Å². The maximum absolute atomic E-state index is 11.4. The Labute approximate surface area is 96.4 Å². The number of carbonyl (C=O) groups is 1. The highest BCUT2D eigenvalue weighted by atomic mass is 16.6. The van der Waals surface area contributed by atoms with Gasteiger partial charge in [-0.05, 0) is 34.6 Å². The van der Waals surface area contributed by atoms with Crippen LogP contribution in [0.4, 0.5) is 4.79 Å². The average Bonchev–Trinajstić information content (AvgIpc) is 1.97. The molecule has 0 heterocycles. The summed E-state index contributed by atoms with van der Waals surface area (Å²) >= 11 is 0. The number of aliphatic hydroxyl groups is 1. The van der Waals surface area contributed by atoms with E-state index in [0.29, 0.717) is 0 Å². The molecule has 92 valence electrons. The molecule has 1 unspecified atom stereocenters. The minimum Gasteiger partial charge on any atom is -0.444 e. The number of nitrogens with one attached hydrogen (secondary N) is 1. The van der Waals surface area contributed by atoms with Crippen LogP contribution in [0.15, 0.2) is 0 Å². The summed E-state index contributed by atoms with van der Waals surface area (Å²) < 4.78 is 5.07. The second kappa shape index (κ2) is 5.17. The molecule has 0 rings (SSSR count). The van der Waals surface area contributed by atoms with Crippen molar-refractivity contribution in [3.8, 4) is 6.07 Å². The lowest BCUT2D eigenvalue weighted by molar-refractivity contribution is 0.0448. The second-order valence-electron chi connectivity index (χ2n) is 5.36. The van der Waals surface area contributed by atoms with Crippen molar-refractivity contribution in [3.63, 3.8) is 0 Å². The molecule has 2 N–H and O–H groups in total. The Morgan fingerprint density at radius 2 is 1.94 bits per heavy atom. The quantitative estimate of drug-likeness (QED) is 0.718. The van der Waals surface area contributed by atoms with Crippen LogP contribution in [0.25, 0.3) is 0 Å². The number of amides is 1. The van der Waals surface area contributed by atoms with Crippen LogP contribution < -0.4 is 5.32 Å². The highest BCUT2D eigenvalue weighted by molar-refractivity contribution is 5.68. The average molecular weight is 228 g/mol. The van der Waals surface area contributed by atoms with Gasteiger partial charge >= 0.3 is 6.09 Å². The predicted molar refractivity (Wildman–Crippen MR) is 59.7 cm³/mol. The van der Waals surface area contributed by atoms with Crippen LogP contribution in [0.1, 0.15) is 41.0 Å². The zero-order valence-corrected chi connectivity index (χ0v) is 10.5. The summed E-state index contributed by atoms with van der Waals surface area (Å²) in [5, 5.41) is 20.3. The van der Waals surface area contributed by atoms with Crippen molar-refractivity contribution in [1.82, 2.24) is 5.32 Å². The molecule has 0 saturated carbocycles. The van der Waals surface area contributed by atoms with Crippen molar-refractivity contribution >= 4 is 6.09 Å². The Balaban J connectivity index is 4.27. The Morgan fingerprint density at radius 3 is 2.31 bits per heavy atom. The van der Waals surface area contributed by atoms with Gasteiger partial charge in [0.2, 0.25) is 0 Å². The first kappa shape index (κ1) is 14.7. The summed E-state index contributed by atoms with van der Waals surface area (Å²) in [6.45, 7) is 8.74. The summed E-state index contributed by atoms with van der Waals surface area (Å²) in [5.74, 6) is 0. The summed E-state index contributed by atoms with van der Waals surface area (Å²) in [5.41, 5.74) is -1.24. The van der Waals surface area contributed by atoms with Gasteiger partial charge in [0, 0.05) is 12.0 Å². The van der Waals surface area contributed by atoms with Gasteiger partial charge in [0.25, 0.3) is 0 Å². The Morgan fingerprint density at radius 1 is 1.44 bits per heavy atom. The first-order valence-corrected chi connectivity index (χ1v) is 5.14. The van der Waals surface area contributed by atoms with E-state index in [1.165, 1.54) is 0 Å². The number of ether oxygens (including phenoxy) is 1. The second-order valence-corrected chi connectivity index (χ2v) is 5.36. The lowest BCUT2D eigenvalue weighted by Crippen LogP contribution is -2.47. The van der Waals surface area contributed by atoms with E-state index in [9.17, 15) is 9.90 Å². The largest absolute Gasteiger partial charge is 0.444 e. The molecule has 5 nitrogen and oxygen atoms in total. The van der Waals surface area contributed by atoms with Crippen LogP contribution in [0.2, 0.25) is 0 Å². The summed E-state index contributed by atoms with van der Waals surface area (Å²) in [6, 6.07) is 1.71. The molecule has 0 aromatic rings. The molecule has 0 aliphatic rings. The van der Waals surface area contributed by atoms with Crippen molar-refractivity contribution in [2.24, 2.45) is 0 Å². The SMILES string of the molecule is CC(C)(CC(O)C#N)NC(=O)OC(C)(C)C. The molecule has 5 heteroatoms. The van der Waals surface area contributed by atoms with Crippen LogP contribution in [0.3, 0.4) is 0 Å². The van der Waals surface area contributed by atoms with E-state index >= 15 is 0 Å². The minimum absolute atomic E-state index is 0.155. The normalized spacial score (nSPS) is 13.8. The van der Waals surface area contributed by atoms with E-state index in [4.69, 9.17) is 10.00 Å². The molecule has 0 aromatic heterocycles. The number of carbonyl (C=O) groups excluding carboxylic acids is 1. The molecule has 0 aliphatic carbocycles. The summed E-state index contributed by atoms with van der Waals surface area (Å²) in [7, 11) is 0. The molecule has 0 fully saturated rings. The molecular formula is C11H20N2O3. The zero-order valence-electron chi connectivity index (χ0n) is 10.5. The molecule has 0 bridgehead atoms. The number of nitriles is 1. The third-order valence-electron chi connectivity index (χ3n) is 1.69. The standard InChI is InChI=1S/C11H20N2O3/c1-10(2,3)16-9(15)13-11(4,5)6-8(14)7-12/h8,14H,6H2,1-5H3,(H,13,15).